The Kier molecular flexibility index (Phi) is 9.93. The van der Waals surface area contributed by atoms with E-state index in [0.717, 1.165) is 18.8 Å². The van der Waals surface area contributed by atoms with E-state index >= 15 is 0 Å². The molecule has 1 rings (SSSR count). The first-order chi connectivity index (χ1) is 10.7. The summed E-state index contributed by atoms with van der Waals surface area (Å²) in [7, 11) is 0. The summed E-state index contributed by atoms with van der Waals surface area (Å²) in [5.41, 5.74) is 0. The van der Waals surface area contributed by atoms with Gasteiger partial charge >= 0.3 is 11.9 Å². The van der Waals surface area contributed by atoms with Crippen molar-refractivity contribution in [2.75, 3.05) is 13.2 Å². The van der Waals surface area contributed by atoms with Gasteiger partial charge in [0.1, 0.15) is 0 Å². The maximum Gasteiger partial charge on any atom is 0.320 e. The highest BCUT2D eigenvalue weighted by Gasteiger charge is 2.29. The van der Waals surface area contributed by atoms with Crippen LogP contribution in [0.4, 0.5) is 0 Å². The van der Waals surface area contributed by atoms with Crippen LogP contribution in [0.5, 0.6) is 0 Å². The average Bonchev–Trinajstić information content (AvgIpc) is 2.45. The zero-order valence-electron chi connectivity index (χ0n) is 14.3. The van der Waals surface area contributed by atoms with Gasteiger partial charge < -0.3 is 9.47 Å². The predicted octanol–water partition coefficient (Wildman–Crippen LogP) is 4.26. The topological polar surface area (TPSA) is 52.6 Å². The second-order valence-electron chi connectivity index (χ2n) is 6.20. The van der Waals surface area contributed by atoms with Crippen molar-refractivity contribution in [3.63, 3.8) is 0 Å². The molecule has 1 aliphatic carbocycles. The van der Waals surface area contributed by atoms with Crippen LogP contribution in [0.1, 0.15) is 78.1 Å². The molecule has 1 aliphatic rings. The van der Waals surface area contributed by atoms with Crippen molar-refractivity contribution in [2.45, 2.75) is 78.1 Å². The average molecular weight is 312 g/mol. The Balaban J connectivity index is 2.40. The number of carbonyl (C=O) groups excluding carboxylic acids is 2. The Morgan fingerprint density at radius 2 is 1.41 bits per heavy atom. The minimum Gasteiger partial charge on any atom is -0.465 e. The van der Waals surface area contributed by atoms with E-state index in [-0.39, 0.29) is 0 Å². The van der Waals surface area contributed by atoms with E-state index in [1.807, 2.05) is 0 Å². The van der Waals surface area contributed by atoms with E-state index in [1.165, 1.54) is 44.9 Å². The molecule has 0 bridgehead atoms. The molecular weight excluding hydrogens is 280 g/mol. The summed E-state index contributed by atoms with van der Waals surface area (Å²) >= 11 is 0. The van der Waals surface area contributed by atoms with Crippen molar-refractivity contribution in [3.8, 4) is 0 Å². The van der Waals surface area contributed by atoms with Gasteiger partial charge in [0.2, 0.25) is 0 Å². The van der Waals surface area contributed by atoms with Gasteiger partial charge in [-0.15, -0.1) is 0 Å². The standard InChI is InChI=1S/C18H32O4/c1-3-21-17(19)16(18(20)22-4-2)14-10-13-15-11-8-6-5-7-9-12-15/h15-16H,3-14H2,1-2H3. The second-order valence-corrected chi connectivity index (χ2v) is 6.20. The van der Waals surface area contributed by atoms with Crippen LogP contribution in [-0.4, -0.2) is 25.2 Å². The van der Waals surface area contributed by atoms with Crippen LogP contribution >= 0.6 is 0 Å². The third-order valence-electron chi connectivity index (χ3n) is 4.47. The van der Waals surface area contributed by atoms with E-state index < -0.39 is 17.9 Å². The number of rotatable bonds is 8. The minimum absolute atomic E-state index is 0.303. The molecule has 4 nitrogen and oxygen atoms in total. The molecule has 0 aromatic rings. The van der Waals surface area contributed by atoms with Crippen molar-refractivity contribution >= 4 is 11.9 Å². The molecule has 0 amide bonds. The molecule has 128 valence electrons. The van der Waals surface area contributed by atoms with Crippen molar-refractivity contribution in [2.24, 2.45) is 11.8 Å². The number of carbonyl (C=O) groups is 2. The van der Waals surface area contributed by atoms with Crippen LogP contribution in [0.25, 0.3) is 0 Å². The fraction of sp³-hybridized carbons (Fsp3) is 0.889. The van der Waals surface area contributed by atoms with Crippen molar-refractivity contribution < 1.29 is 19.1 Å². The Morgan fingerprint density at radius 1 is 0.909 bits per heavy atom. The van der Waals surface area contributed by atoms with Crippen LogP contribution in [0, 0.1) is 11.8 Å². The lowest BCUT2D eigenvalue weighted by Crippen LogP contribution is -2.28. The van der Waals surface area contributed by atoms with Gasteiger partial charge in [0.25, 0.3) is 0 Å². The van der Waals surface area contributed by atoms with Crippen LogP contribution in [0.3, 0.4) is 0 Å². The Morgan fingerprint density at radius 3 is 1.91 bits per heavy atom. The highest BCUT2D eigenvalue weighted by atomic mass is 16.6. The monoisotopic (exact) mass is 312 g/mol. The van der Waals surface area contributed by atoms with Gasteiger partial charge in [0, 0.05) is 0 Å². The molecule has 4 heteroatoms. The molecule has 0 N–H and O–H groups in total. The van der Waals surface area contributed by atoms with Gasteiger partial charge in [0.05, 0.1) is 13.2 Å². The Bertz CT molecular complexity index is 301. The van der Waals surface area contributed by atoms with Gasteiger partial charge in [-0.2, -0.15) is 0 Å². The fourth-order valence-electron chi connectivity index (χ4n) is 3.26. The number of hydrogen-bond donors (Lipinski definition) is 0. The third-order valence-corrected chi connectivity index (χ3v) is 4.47. The maximum atomic E-state index is 11.9. The van der Waals surface area contributed by atoms with Crippen LogP contribution in [0.2, 0.25) is 0 Å². The minimum atomic E-state index is -0.742. The summed E-state index contributed by atoms with van der Waals surface area (Å²) in [4.78, 5) is 23.8. The summed E-state index contributed by atoms with van der Waals surface area (Å²) in [5, 5.41) is 0. The maximum absolute atomic E-state index is 11.9. The largest absolute Gasteiger partial charge is 0.465 e. The zero-order chi connectivity index (χ0) is 16.2. The van der Waals surface area contributed by atoms with Gasteiger partial charge in [0.15, 0.2) is 5.92 Å². The number of esters is 2. The first-order valence-corrected chi connectivity index (χ1v) is 9.02. The summed E-state index contributed by atoms with van der Waals surface area (Å²) in [5.74, 6) is -0.851. The molecule has 1 fully saturated rings. The summed E-state index contributed by atoms with van der Waals surface area (Å²) in [6.07, 6.45) is 11.9. The predicted molar refractivity (Wildman–Crippen MR) is 86.4 cm³/mol. The lowest BCUT2D eigenvalue weighted by atomic mass is 9.86. The van der Waals surface area contributed by atoms with Crippen molar-refractivity contribution in [1.82, 2.24) is 0 Å². The zero-order valence-corrected chi connectivity index (χ0v) is 14.3. The lowest BCUT2D eigenvalue weighted by molar-refractivity contribution is -0.162. The highest BCUT2D eigenvalue weighted by Crippen LogP contribution is 2.27. The first-order valence-electron chi connectivity index (χ1n) is 9.02. The molecule has 0 aliphatic heterocycles. The van der Waals surface area contributed by atoms with E-state index in [1.54, 1.807) is 13.8 Å². The molecule has 22 heavy (non-hydrogen) atoms. The Hall–Kier alpha value is -1.06. The van der Waals surface area contributed by atoms with Gasteiger partial charge in [-0.05, 0) is 26.2 Å². The fourth-order valence-corrected chi connectivity index (χ4v) is 3.26. The summed E-state index contributed by atoms with van der Waals surface area (Å²) < 4.78 is 10.0. The van der Waals surface area contributed by atoms with Crippen LogP contribution in [-0.2, 0) is 19.1 Å². The molecule has 0 radical (unpaired) electrons. The summed E-state index contributed by atoms with van der Waals surface area (Å²) in [6, 6.07) is 0. The SMILES string of the molecule is CCOC(=O)C(CCCC1CCCCCCC1)C(=O)OCC. The van der Waals surface area contributed by atoms with Crippen LogP contribution < -0.4 is 0 Å². The van der Waals surface area contributed by atoms with Gasteiger partial charge in [-0.3, -0.25) is 9.59 Å². The quantitative estimate of drug-likeness (QED) is 0.496. The molecule has 0 aromatic heterocycles. The smallest absolute Gasteiger partial charge is 0.320 e. The number of hydrogen-bond acceptors (Lipinski definition) is 4. The van der Waals surface area contributed by atoms with E-state index in [0.29, 0.717) is 19.6 Å². The normalized spacial score (nSPS) is 16.9. The molecule has 0 saturated heterocycles. The third kappa shape index (κ3) is 7.28. The lowest BCUT2D eigenvalue weighted by Gasteiger charge is -2.20. The molecule has 0 unspecified atom stereocenters. The molecule has 0 atom stereocenters. The Labute approximate surface area is 134 Å². The molecule has 1 saturated carbocycles. The second kappa shape index (κ2) is 11.5. The summed E-state index contributed by atoms with van der Waals surface area (Å²) in [6.45, 7) is 4.12. The van der Waals surface area contributed by atoms with Crippen molar-refractivity contribution in [3.05, 3.63) is 0 Å². The molecule has 0 aromatic carbocycles. The molecular formula is C18H32O4. The van der Waals surface area contributed by atoms with E-state index in [2.05, 4.69) is 0 Å². The first kappa shape index (κ1) is 19.0. The van der Waals surface area contributed by atoms with Crippen molar-refractivity contribution in [1.29, 1.82) is 0 Å². The van der Waals surface area contributed by atoms with E-state index in [4.69, 9.17) is 9.47 Å². The van der Waals surface area contributed by atoms with Crippen LogP contribution in [0.15, 0.2) is 0 Å². The number of ether oxygens (including phenoxy) is 2. The molecule has 0 spiro atoms. The van der Waals surface area contributed by atoms with Gasteiger partial charge in [-0.1, -0.05) is 57.8 Å². The van der Waals surface area contributed by atoms with Gasteiger partial charge in [-0.25, -0.2) is 0 Å². The highest BCUT2D eigenvalue weighted by molar-refractivity contribution is 5.94. The van der Waals surface area contributed by atoms with E-state index in [9.17, 15) is 9.59 Å². The molecule has 0 heterocycles.